The number of aliphatic imine (C=N–C) groups is 1. The van der Waals surface area contributed by atoms with Crippen molar-refractivity contribution in [3.63, 3.8) is 0 Å². The van der Waals surface area contributed by atoms with E-state index in [1.54, 1.807) is 13.1 Å². The molecular weight excluding hydrogens is 544 g/mol. The molecule has 0 saturated heterocycles. The van der Waals surface area contributed by atoms with Crippen LogP contribution in [-0.2, 0) is 13.1 Å². The number of halogens is 2. The van der Waals surface area contributed by atoms with E-state index >= 15 is 4.39 Å². The first kappa shape index (κ1) is 33.5. The summed E-state index contributed by atoms with van der Waals surface area (Å²) >= 11 is 0. The van der Waals surface area contributed by atoms with Gasteiger partial charge in [-0.05, 0) is 54.2 Å². The Bertz CT molecular complexity index is 1550. The average Bonchev–Trinajstić information content (AvgIpc) is 3.39. The summed E-state index contributed by atoms with van der Waals surface area (Å²) in [6.45, 7) is 13.7. The molecule has 8 heteroatoms. The van der Waals surface area contributed by atoms with Crippen molar-refractivity contribution in [2.45, 2.75) is 67.5 Å². The van der Waals surface area contributed by atoms with Gasteiger partial charge < -0.3 is 20.2 Å². The minimum atomic E-state index is -1.02. The predicted octanol–water partition coefficient (Wildman–Crippen LogP) is 8.10. The van der Waals surface area contributed by atoms with E-state index < -0.39 is 11.6 Å². The van der Waals surface area contributed by atoms with Crippen molar-refractivity contribution < 1.29 is 13.5 Å². The normalized spacial score (nSPS) is 12.5. The molecule has 0 spiro atoms. The standard InChI is InChI=1S/C33H39F2N5O.C2H6/c1-22(37-5)26(29(36)17-33(2,3)4)15-16-41-32-27(12-13-28(34)31(32)35)24-11-14-30-39-20-25(40(30)21-24)19-38-18-23-9-7-6-8-10-23;1-2/h6-14,20-21,38H,15-19,36H2,1-5H3;1-2H3/b29-26-,37-22?;. The SMILES string of the molecule is CC.CN=C(C)/C(CCOc1c(-c2ccc3ncc(CNCc4ccccc4)n3c2)ccc(F)c1F)=C(\N)CC(C)(C)C. The van der Waals surface area contributed by atoms with Gasteiger partial charge >= 0.3 is 0 Å². The molecule has 0 aliphatic carbocycles. The van der Waals surface area contributed by atoms with Crippen LogP contribution in [0.4, 0.5) is 8.78 Å². The van der Waals surface area contributed by atoms with E-state index in [0.717, 1.165) is 34.4 Å². The highest BCUT2D eigenvalue weighted by Gasteiger charge is 2.20. The summed E-state index contributed by atoms with van der Waals surface area (Å²) in [5, 5.41) is 3.44. The van der Waals surface area contributed by atoms with Gasteiger partial charge in [0.15, 0.2) is 11.6 Å². The molecular formula is C35H45F2N5O. The fraction of sp³-hybridized carbons (Fsp3) is 0.371. The van der Waals surface area contributed by atoms with E-state index in [1.165, 1.54) is 5.56 Å². The van der Waals surface area contributed by atoms with Gasteiger partial charge in [-0.25, -0.2) is 9.37 Å². The highest BCUT2D eigenvalue weighted by atomic mass is 19.2. The predicted molar refractivity (Wildman–Crippen MR) is 173 cm³/mol. The van der Waals surface area contributed by atoms with Gasteiger partial charge in [0.25, 0.3) is 0 Å². The first-order valence-corrected chi connectivity index (χ1v) is 14.8. The zero-order chi connectivity index (χ0) is 31.6. The Hall–Kier alpha value is -4.04. The molecule has 43 heavy (non-hydrogen) atoms. The van der Waals surface area contributed by atoms with Crippen LogP contribution in [0, 0.1) is 17.0 Å². The number of ether oxygens (including phenoxy) is 1. The van der Waals surface area contributed by atoms with Crippen molar-refractivity contribution in [3.05, 3.63) is 101 Å². The number of pyridine rings is 1. The van der Waals surface area contributed by atoms with Crippen LogP contribution in [0.15, 0.2) is 83.3 Å². The van der Waals surface area contributed by atoms with Gasteiger partial charge in [-0.3, -0.25) is 4.99 Å². The van der Waals surface area contributed by atoms with Gasteiger partial charge in [-0.15, -0.1) is 0 Å². The largest absolute Gasteiger partial charge is 0.489 e. The van der Waals surface area contributed by atoms with Crippen LogP contribution >= 0.6 is 0 Å². The fourth-order valence-electron chi connectivity index (χ4n) is 4.79. The first-order chi connectivity index (χ1) is 20.6. The number of hydrogen-bond donors (Lipinski definition) is 2. The lowest BCUT2D eigenvalue weighted by Gasteiger charge is -2.21. The molecule has 3 N–H and O–H groups in total. The van der Waals surface area contributed by atoms with Crippen LogP contribution in [0.2, 0.25) is 0 Å². The van der Waals surface area contributed by atoms with E-state index in [0.29, 0.717) is 37.1 Å². The quantitative estimate of drug-likeness (QED) is 0.173. The Balaban J connectivity index is 0.00000248. The molecule has 0 unspecified atom stereocenters. The van der Waals surface area contributed by atoms with Crippen LogP contribution in [0.5, 0.6) is 5.75 Å². The molecule has 6 nitrogen and oxygen atoms in total. The second-order valence-electron chi connectivity index (χ2n) is 11.4. The smallest absolute Gasteiger partial charge is 0.201 e. The minimum Gasteiger partial charge on any atom is -0.489 e. The Morgan fingerprint density at radius 3 is 2.42 bits per heavy atom. The van der Waals surface area contributed by atoms with E-state index in [2.05, 4.69) is 48.2 Å². The monoisotopic (exact) mass is 589 g/mol. The summed E-state index contributed by atoms with van der Waals surface area (Å²) in [6, 6.07) is 16.5. The lowest BCUT2D eigenvalue weighted by atomic mass is 9.88. The number of nitrogens with one attached hydrogen (secondary N) is 1. The van der Waals surface area contributed by atoms with Crippen molar-refractivity contribution >= 4 is 11.4 Å². The van der Waals surface area contributed by atoms with Crippen molar-refractivity contribution in [1.82, 2.24) is 14.7 Å². The molecule has 4 aromatic rings. The van der Waals surface area contributed by atoms with Crippen molar-refractivity contribution in [3.8, 4) is 16.9 Å². The Morgan fingerprint density at radius 1 is 1.02 bits per heavy atom. The third kappa shape index (κ3) is 8.97. The maximum Gasteiger partial charge on any atom is 0.201 e. The summed E-state index contributed by atoms with van der Waals surface area (Å²) < 4.78 is 37.4. The van der Waals surface area contributed by atoms with Crippen molar-refractivity contribution in [1.29, 1.82) is 0 Å². The topological polar surface area (TPSA) is 76.9 Å². The van der Waals surface area contributed by atoms with Gasteiger partial charge in [-0.2, -0.15) is 4.39 Å². The summed E-state index contributed by atoms with van der Waals surface area (Å²) in [4.78, 5) is 8.81. The molecule has 0 fully saturated rings. The summed E-state index contributed by atoms with van der Waals surface area (Å²) in [5.41, 5.74) is 12.9. The number of aromatic nitrogens is 2. The summed E-state index contributed by atoms with van der Waals surface area (Å²) in [7, 11) is 1.71. The molecule has 4 rings (SSSR count). The van der Waals surface area contributed by atoms with Gasteiger partial charge in [0, 0.05) is 55.3 Å². The van der Waals surface area contributed by atoms with Gasteiger partial charge in [0.2, 0.25) is 5.82 Å². The van der Waals surface area contributed by atoms with Gasteiger partial charge in [-0.1, -0.05) is 65.0 Å². The molecule has 0 aliphatic rings. The number of rotatable bonds is 11. The van der Waals surface area contributed by atoms with Crippen LogP contribution in [-0.4, -0.2) is 28.8 Å². The van der Waals surface area contributed by atoms with Crippen molar-refractivity contribution in [2.75, 3.05) is 13.7 Å². The van der Waals surface area contributed by atoms with Crippen LogP contribution in [0.3, 0.4) is 0 Å². The lowest BCUT2D eigenvalue weighted by Crippen LogP contribution is -2.18. The van der Waals surface area contributed by atoms with E-state index in [4.69, 9.17) is 10.5 Å². The zero-order valence-corrected chi connectivity index (χ0v) is 26.5. The number of imidazole rings is 1. The molecule has 0 amide bonds. The third-order valence-electron chi connectivity index (χ3n) is 6.90. The first-order valence-electron chi connectivity index (χ1n) is 14.8. The fourth-order valence-corrected chi connectivity index (χ4v) is 4.79. The highest BCUT2D eigenvalue weighted by Crippen LogP contribution is 2.35. The zero-order valence-electron chi connectivity index (χ0n) is 26.5. The molecule has 2 aromatic heterocycles. The maximum absolute atomic E-state index is 15.1. The maximum atomic E-state index is 15.1. The molecule has 2 heterocycles. The van der Waals surface area contributed by atoms with Gasteiger partial charge in [0.1, 0.15) is 5.65 Å². The summed E-state index contributed by atoms with van der Waals surface area (Å²) in [5.74, 6) is -2.12. The van der Waals surface area contributed by atoms with Crippen LogP contribution < -0.4 is 15.8 Å². The molecule has 2 aromatic carbocycles. The van der Waals surface area contributed by atoms with E-state index in [9.17, 15) is 4.39 Å². The van der Waals surface area contributed by atoms with Crippen LogP contribution in [0.25, 0.3) is 16.8 Å². The van der Waals surface area contributed by atoms with Gasteiger partial charge in [0.05, 0.1) is 18.5 Å². The third-order valence-corrected chi connectivity index (χ3v) is 6.90. The van der Waals surface area contributed by atoms with Crippen molar-refractivity contribution in [2.24, 2.45) is 16.1 Å². The number of allylic oxidation sites excluding steroid dienone is 1. The average molecular weight is 590 g/mol. The molecule has 0 bridgehead atoms. The molecule has 230 valence electrons. The Kier molecular flexibility index (Phi) is 12.0. The number of hydrogen-bond acceptors (Lipinski definition) is 5. The number of fused-ring (bicyclic) bond motifs is 1. The lowest BCUT2D eigenvalue weighted by molar-refractivity contribution is 0.300. The summed E-state index contributed by atoms with van der Waals surface area (Å²) in [6.07, 6.45) is 4.79. The molecule has 0 aliphatic heterocycles. The Labute approximate surface area is 254 Å². The molecule has 0 saturated carbocycles. The van der Waals surface area contributed by atoms with E-state index in [1.807, 2.05) is 67.9 Å². The second-order valence-corrected chi connectivity index (χ2v) is 11.4. The number of nitrogens with two attached hydrogens (primary N) is 1. The Morgan fingerprint density at radius 2 is 1.74 bits per heavy atom. The molecule has 0 atom stereocenters. The second kappa shape index (κ2) is 15.4. The van der Waals surface area contributed by atoms with E-state index in [-0.39, 0.29) is 17.8 Å². The minimum absolute atomic E-state index is 0.00602. The van der Waals surface area contributed by atoms with Crippen LogP contribution in [0.1, 0.15) is 65.6 Å². The highest BCUT2D eigenvalue weighted by molar-refractivity contribution is 5.98. The number of nitrogens with zero attached hydrogens (tertiary/aromatic N) is 3. The number of benzene rings is 2. The molecule has 0 radical (unpaired) electrons.